The number of aromatic nitrogens is 4. The van der Waals surface area contributed by atoms with Crippen LogP contribution in [0.1, 0.15) is 43.1 Å². The van der Waals surface area contributed by atoms with Gasteiger partial charge in [-0.2, -0.15) is 5.10 Å². The van der Waals surface area contributed by atoms with Crippen LogP contribution < -0.4 is 4.74 Å². The number of H-pyrrole nitrogens is 1. The summed E-state index contributed by atoms with van der Waals surface area (Å²) in [5.41, 5.74) is 4.18. The Hall–Kier alpha value is -3.52. The molecule has 4 aromatic rings. The van der Waals surface area contributed by atoms with Gasteiger partial charge in [0.05, 0.1) is 12.7 Å². The number of hydrogen-bond acceptors (Lipinski definition) is 5. The lowest BCUT2D eigenvalue weighted by atomic mass is 9.92. The molecule has 0 spiro atoms. The van der Waals surface area contributed by atoms with E-state index in [0.717, 1.165) is 47.3 Å². The highest BCUT2D eigenvalue weighted by Crippen LogP contribution is 2.39. The molecule has 2 aromatic carbocycles. The summed E-state index contributed by atoms with van der Waals surface area (Å²) in [5.74, 6) is 0.781. The van der Waals surface area contributed by atoms with Crippen LogP contribution in [0.3, 0.4) is 0 Å². The third-order valence-electron chi connectivity index (χ3n) is 6.12. The number of halogens is 1. The number of nitrogens with zero attached hydrogens (tertiary/aromatic N) is 4. The summed E-state index contributed by atoms with van der Waals surface area (Å²) in [4.78, 5) is 22.3. The summed E-state index contributed by atoms with van der Waals surface area (Å²) in [7, 11) is 0. The second-order valence-corrected chi connectivity index (χ2v) is 9.35. The van der Waals surface area contributed by atoms with Crippen LogP contribution in [0, 0.1) is 0 Å². The summed E-state index contributed by atoms with van der Waals surface area (Å²) in [6, 6.07) is 13.5. The fourth-order valence-corrected chi connectivity index (χ4v) is 4.76. The van der Waals surface area contributed by atoms with Gasteiger partial charge in [-0.05, 0) is 61.7 Å². The van der Waals surface area contributed by atoms with Crippen molar-refractivity contribution in [3.05, 3.63) is 77.0 Å². The number of fused-ring (bicyclic) bond motifs is 3. The molecule has 0 bridgehead atoms. The minimum atomic E-state index is -0.319. The number of benzene rings is 2. The Labute approximate surface area is 208 Å². The van der Waals surface area contributed by atoms with E-state index in [1.54, 1.807) is 15.9 Å². The molecular weight excluding hydrogens is 466 g/mol. The van der Waals surface area contributed by atoms with Crippen LogP contribution in [-0.4, -0.2) is 50.0 Å². The Morgan fingerprint density at radius 2 is 2.06 bits per heavy atom. The molecule has 182 valence electrons. The molecule has 1 N–H and O–H groups in total. The maximum absolute atomic E-state index is 13.0. The highest BCUT2D eigenvalue weighted by Gasteiger charge is 2.35. The summed E-state index contributed by atoms with van der Waals surface area (Å²) in [6.45, 7) is 5.61. The molecule has 1 aliphatic rings. The first-order valence-electron chi connectivity index (χ1n) is 11.8. The van der Waals surface area contributed by atoms with Crippen LogP contribution in [0.4, 0.5) is 4.79 Å². The van der Waals surface area contributed by atoms with Gasteiger partial charge in [-0.3, -0.25) is 9.58 Å². The molecule has 35 heavy (non-hydrogen) atoms. The van der Waals surface area contributed by atoms with Crippen LogP contribution >= 0.6 is 11.6 Å². The standard InChI is InChI=1S/C26H28ClN5O3/c1-17(2)35-26(33)32-12-10-21-22-14-19(27)6-9-23(22)30-24(21)25(32)18-4-7-20(8-5-18)34-13-3-11-31-16-28-15-29-31/h4-9,14-17,25,30H,3,10-13H2,1-2H3. The number of amides is 1. The lowest BCUT2D eigenvalue weighted by molar-refractivity contribution is 0.0655. The van der Waals surface area contributed by atoms with Crippen molar-refractivity contribution in [1.82, 2.24) is 24.6 Å². The van der Waals surface area contributed by atoms with Crippen molar-refractivity contribution in [3.8, 4) is 5.75 Å². The molecule has 2 aromatic heterocycles. The van der Waals surface area contributed by atoms with Crippen LogP contribution in [0.15, 0.2) is 55.1 Å². The zero-order valence-corrected chi connectivity index (χ0v) is 20.5. The van der Waals surface area contributed by atoms with Gasteiger partial charge in [0.2, 0.25) is 0 Å². The Bertz CT molecular complexity index is 1300. The van der Waals surface area contributed by atoms with Gasteiger partial charge < -0.3 is 14.5 Å². The van der Waals surface area contributed by atoms with Crippen molar-refractivity contribution < 1.29 is 14.3 Å². The zero-order chi connectivity index (χ0) is 24.4. The number of carbonyl (C=O) groups excluding carboxylic acids is 1. The molecule has 1 aliphatic heterocycles. The van der Waals surface area contributed by atoms with Crippen molar-refractivity contribution in [3.63, 3.8) is 0 Å². The maximum Gasteiger partial charge on any atom is 0.410 e. The third kappa shape index (κ3) is 4.98. The van der Waals surface area contributed by atoms with Crippen LogP contribution in [0.2, 0.25) is 5.02 Å². The fourth-order valence-electron chi connectivity index (χ4n) is 4.58. The van der Waals surface area contributed by atoms with Gasteiger partial charge in [0.1, 0.15) is 24.4 Å². The molecule has 0 fully saturated rings. The molecule has 1 amide bonds. The average molecular weight is 494 g/mol. The first-order chi connectivity index (χ1) is 17.0. The largest absolute Gasteiger partial charge is 0.494 e. The minimum Gasteiger partial charge on any atom is -0.494 e. The van der Waals surface area contributed by atoms with Gasteiger partial charge in [0.25, 0.3) is 0 Å². The summed E-state index contributed by atoms with van der Waals surface area (Å²) in [6.07, 6.45) is 4.26. The SMILES string of the molecule is CC(C)OC(=O)N1CCc2c([nH]c3ccc(Cl)cc23)C1c1ccc(OCCCn2cncn2)cc1. The van der Waals surface area contributed by atoms with E-state index >= 15 is 0 Å². The van der Waals surface area contributed by atoms with E-state index in [-0.39, 0.29) is 18.2 Å². The Morgan fingerprint density at radius 3 is 2.80 bits per heavy atom. The summed E-state index contributed by atoms with van der Waals surface area (Å²) >= 11 is 6.29. The molecule has 0 radical (unpaired) electrons. The zero-order valence-electron chi connectivity index (χ0n) is 19.8. The fraction of sp³-hybridized carbons (Fsp3) is 0.346. The molecule has 8 nitrogen and oxygen atoms in total. The van der Waals surface area contributed by atoms with Crippen LogP contribution in [-0.2, 0) is 17.7 Å². The Balaban J connectivity index is 1.39. The molecule has 0 saturated heterocycles. The van der Waals surface area contributed by atoms with Gasteiger partial charge in [-0.15, -0.1) is 0 Å². The number of hydrogen-bond donors (Lipinski definition) is 1. The molecule has 1 atom stereocenters. The number of ether oxygens (including phenoxy) is 2. The van der Waals surface area contributed by atoms with Crippen LogP contribution in [0.25, 0.3) is 10.9 Å². The molecule has 0 saturated carbocycles. The lowest BCUT2D eigenvalue weighted by Gasteiger charge is -2.36. The number of aromatic amines is 1. The predicted molar refractivity (Wildman–Crippen MR) is 134 cm³/mol. The van der Waals surface area contributed by atoms with Crippen molar-refractivity contribution >= 4 is 28.6 Å². The quantitative estimate of drug-likeness (QED) is 0.349. The van der Waals surface area contributed by atoms with Crippen molar-refractivity contribution in [2.45, 2.75) is 45.4 Å². The first-order valence-corrected chi connectivity index (χ1v) is 12.2. The highest BCUT2D eigenvalue weighted by atomic mass is 35.5. The van der Waals surface area contributed by atoms with Crippen molar-refractivity contribution in [2.24, 2.45) is 0 Å². The van der Waals surface area contributed by atoms with E-state index < -0.39 is 0 Å². The number of nitrogens with one attached hydrogen (secondary N) is 1. The van der Waals surface area contributed by atoms with Crippen LogP contribution in [0.5, 0.6) is 5.75 Å². The van der Waals surface area contributed by atoms with Gasteiger partial charge in [0, 0.05) is 41.1 Å². The summed E-state index contributed by atoms with van der Waals surface area (Å²) in [5, 5.41) is 5.90. The first kappa shape index (κ1) is 23.2. The second-order valence-electron chi connectivity index (χ2n) is 8.92. The topological polar surface area (TPSA) is 85.3 Å². The molecule has 9 heteroatoms. The van der Waals surface area contributed by atoms with E-state index in [1.165, 1.54) is 11.9 Å². The molecule has 1 unspecified atom stereocenters. The van der Waals surface area contributed by atoms with E-state index in [2.05, 4.69) is 15.1 Å². The van der Waals surface area contributed by atoms with Crippen molar-refractivity contribution in [1.29, 1.82) is 0 Å². The summed E-state index contributed by atoms with van der Waals surface area (Å²) < 4.78 is 13.3. The van der Waals surface area contributed by atoms with Gasteiger partial charge in [-0.1, -0.05) is 23.7 Å². The smallest absolute Gasteiger partial charge is 0.410 e. The molecule has 5 rings (SSSR count). The molecular formula is C26H28ClN5O3. The molecule has 0 aliphatic carbocycles. The monoisotopic (exact) mass is 493 g/mol. The Morgan fingerprint density at radius 1 is 1.23 bits per heavy atom. The van der Waals surface area contributed by atoms with E-state index in [0.29, 0.717) is 18.2 Å². The van der Waals surface area contributed by atoms with E-state index in [4.69, 9.17) is 21.1 Å². The lowest BCUT2D eigenvalue weighted by Crippen LogP contribution is -2.41. The van der Waals surface area contributed by atoms with Gasteiger partial charge >= 0.3 is 6.09 Å². The second kappa shape index (κ2) is 10.00. The number of rotatable bonds is 7. The van der Waals surface area contributed by atoms with Crippen molar-refractivity contribution in [2.75, 3.05) is 13.2 Å². The normalized spacial score (nSPS) is 15.4. The maximum atomic E-state index is 13.0. The van der Waals surface area contributed by atoms with E-state index in [1.807, 2.05) is 56.3 Å². The minimum absolute atomic E-state index is 0.195. The number of aryl methyl sites for hydroxylation is 1. The van der Waals surface area contributed by atoms with E-state index in [9.17, 15) is 4.79 Å². The van der Waals surface area contributed by atoms with Gasteiger partial charge in [-0.25, -0.2) is 9.78 Å². The number of carbonyl (C=O) groups is 1. The average Bonchev–Trinajstić information content (AvgIpc) is 3.49. The molecule has 3 heterocycles. The van der Waals surface area contributed by atoms with Gasteiger partial charge in [0.15, 0.2) is 0 Å². The highest BCUT2D eigenvalue weighted by molar-refractivity contribution is 6.31. The third-order valence-corrected chi connectivity index (χ3v) is 6.36. The Kier molecular flexibility index (Phi) is 6.63. The predicted octanol–water partition coefficient (Wildman–Crippen LogP) is 5.37.